The van der Waals surface area contributed by atoms with E-state index >= 15 is 0 Å². The van der Waals surface area contributed by atoms with Gasteiger partial charge in [0.05, 0.1) is 17.9 Å². The Morgan fingerprint density at radius 2 is 1.63 bits per heavy atom. The molecule has 4 aliphatic rings. The highest BCUT2D eigenvalue weighted by molar-refractivity contribution is 7.91. The number of fused-ring (bicyclic) bond motifs is 8. The Hall–Kier alpha value is -4.79. The largest absolute Gasteiger partial charge is 0.450 e. The summed E-state index contributed by atoms with van der Waals surface area (Å²) in [6.45, 7) is 7.63. The maximum atomic E-state index is 14.8. The van der Waals surface area contributed by atoms with Gasteiger partial charge in [-0.3, -0.25) is 19.1 Å². The molecule has 0 unspecified atom stereocenters. The Morgan fingerprint density at radius 1 is 0.947 bits per heavy atom. The lowest BCUT2D eigenvalue weighted by molar-refractivity contribution is -0.142. The predicted octanol–water partition coefficient (Wildman–Crippen LogP) is 5.29. The molecule has 3 fully saturated rings. The summed E-state index contributed by atoms with van der Waals surface area (Å²) in [5.74, 6) is -2.12. The van der Waals surface area contributed by atoms with Crippen LogP contribution in [-0.4, -0.2) is 88.2 Å². The maximum absolute atomic E-state index is 14.8. The van der Waals surface area contributed by atoms with Gasteiger partial charge in [-0.25, -0.2) is 13.2 Å². The molecule has 2 aliphatic carbocycles. The summed E-state index contributed by atoms with van der Waals surface area (Å²) in [5, 5.41) is 15.2. The summed E-state index contributed by atoms with van der Waals surface area (Å²) in [6.07, 6.45) is 6.71. The Morgan fingerprint density at radius 3 is 2.32 bits per heavy atom. The number of nitrogens with zero attached hydrogens (tertiary/aromatic N) is 4. The summed E-state index contributed by atoms with van der Waals surface area (Å²) in [7, 11) is -3.87. The van der Waals surface area contributed by atoms with Crippen molar-refractivity contribution in [1.82, 2.24) is 35.2 Å². The van der Waals surface area contributed by atoms with E-state index in [1.165, 1.54) is 10.5 Å². The van der Waals surface area contributed by atoms with Gasteiger partial charge in [0.15, 0.2) is 0 Å². The first-order chi connectivity index (χ1) is 27.2. The predicted molar refractivity (Wildman–Crippen MR) is 214 cm³/mol. The maximum Gasteiger partial charge on any atom is 0.407 e. The number of hydrogen-bond donors (Lipinski definition) is 3. The van der Waals surface area contributed by atoms with Gasteiger partial charge in [-0.1, -0.05) is 102 Å². The van der Waals surface area contributed by atoms with E-state index in [4.69, 9.17) is 14.9 Å². The fourth-order valence-corrected chi connectivity index (χ4v) is 9.58. The normalized spacial score (nSPS) is 26.1. The molecule has 3 heterocycles. The molecule has 5 atom stereocenters. The molecule has 7 rings (SSSR count). The molecular formula is C42H55N7O7S. The van der Waals surface area contributed by atoms with E-state index in [2.05, 4.69) is 27.5 Å². The van der Waals surface area contributed by atoms with Crippen molar-refractivity contribution in [3.05, 3.63) is 60.2 Å². The van der Waals surface area contributed by atoms with Crippen LogP contribution >= 0.6 is 0 Å². The molecule has 3 N–H and O–H groups in total. The lowest BCUT2D eigenvalue weighted by atomic mass is 9.85. The smallest absolute Gasteiger partial charge is 0.407 e. The standard InChI is InChI=1S/C42H55N7O7S/c1-5-30-25-42(30,39(52)47-57(54,55)32-20-21-32)44-37(50)33-24-31-26-48(33)38(51)36(41(2,3)4)43-40(53)56-22-13-8-6-7-10-15-27-16-14-19-29(23-27)35-34(45-49(31)46-35)28-17-11-9-12-18-28/h9,11-12,14,16-19,23,30-33,36H,5-8,10,13,15,20-22,24-26H2,1-4H3,(H,43,53)(H,44,50)(H,47,52)/t30-,31-,33+,36-,42-/m1/s1. The number of rotatable bonds is 7. The summed E-state index contributed by atoms with van der Waals surface area (Å²) in [6, 6.07) is 15.3. The van der Waals surface area contributed by atoms with E-state index in [1.807, 2.05) is 70.2 Å². The number of aromatic nitrogens is 3. The highest BCUT2D eigenvalue weighted by Gasteiger charge is 2.62. The van der Waals surface area contributed by atoms with Crippen molar-refractivity contribution in [3.63, 3.8) is 0 Å². The van der Waals surface area contributed by atoms with Crippen LogP contribution in [0, 0.1) is 11.3 Å². The SMILES string of the molecule is CC[C@@H]1C[C@]1(NC(=O)[C@@H]1C[C@@H]2CN1C(=O)[C@H](C(C)(C)C)NC(=O)OCCCCCCCc1cccc(c1)-c1nn2nc1-c1ccccc1)C(=O)NS(=O)(=O)C1CC1. The first kappa shape index (κ1) is 40.4. The molecular weight excluding hydrogens is 747 g/mol. The van der Waals surface area contributed by atoms with E-state index < -0.39 is 68.2 Å². The third-order valence-corrected chi connectivity index (χ3v) is 13.7. The quantitative estimate of drug-likeness (QED) is 0.286. The van der Waals surface area contributed by atoms with Crippen molar-refractivity contribution in [3.8, 4) is 22.5 Å². The zero-order chi connectivity index (χ0) is 40.5. The first-order valence-corrected chi connectivity index (χ1v) is 22.0. The minimum atomic E-state index is -3.87. The molecule has 6 bridgehead atoms. The average molecular weight is 802 g/mol. The van der Waals surface area contributed by atoms with Crippen LogP contribution in [0.2, 0.25) is 0 Å². The van der Waals surface area contributed by atoms with Crippen LogP contribution in [0.1, 0.15) is 104 Å². The van der Waals surface area contributed by atoms with Crippen LogP contribution in [0.5, 0.6) is 0 Å². The number of amides is 4. The molecule has 14 nitrogen and oxygen atoms in total. The van der Waals surface area contributed by atoms with Gasteiger partial charge < -0.3 is 20.3 Å². The average Bonchev–Trinajstić information content (AvgIpc) is 4.07. The van der Waals surface area contributed by atoms with Crippen molar-refractivity contribution >= 4 is 33.8 Å². The fraction of sp³-hybridized carbons (Fsp3) is 0.571. The van der Waals surface area contributed by atoms with E-state index in [9.17, 15) is 27.6 Å². The number of carbonyl (C=O) groups excluding carboxylic acids is 4. The monoisotopic (exact) mass is 801 g/mol. The van der Waals surface area contributed by atoms with Crippen LogP contribution in [0.15, 0.2) is 54.6 Å². The number of cyclic esters (lactones) is 1. The van der Waals surface area contributed by atoms with Crippen LogP contribution in [-0.2, 0) is 35.6 Å². The summed E-state index contributed by atoms with van der Waals surface area (Å²) < 4.78 is 33.4. The topological polar surface area (TPSA) is 182 Å². The third-order valence-electron chi connectivity index (χ3n) is 11.8. The van der Waals surface area contributed by atoms with E-state index in [-0.39, 0.29) is 31.9 Å². The van der Waals surface area contributed by atoms with E-state index in [1.54, 1.807) is 4.80 Å². The Kier molecular flexibility index (Phi) is 11.5. The van der Waals surface area contributed by atoms with Gasteiger partial charge >= 0.3 is 6.09 Å². The van der Waals surface area contributed by atoms with Crippen molar-refractivity contribution < 1.29 is 32.3 Å². The molecule has 15 heteroatoms. The molecule has 1 saturated heterocycles. The Balaban J connectivity index is 1.26. The van der Waals surface area contributed by atoms with Crippen LogP contribution in [0.3, 0.4) is 0 Å². The van der Waals surface area contributed by atoms with Gasteiger partial charge in [0, 0.05) is 24.1 Å². The Labute approximate surface area is 334 Å². The van der Waals surface area contributed by atoms with Gasteiger partial charge in [-0.15, -0.1) is 0 Å². The molecule has 3 aromatic rings. The van der Waals surface area contributed by atoms with Gasteiger partial charge in [0.25, 0.3) is 5.91 Å². The molecule has 306 valence electrons. The number of nitrogens with one attached hydrogen (secondary N) is 3. The second-order valence-electron chi connectivity index (χ2n) is 17.2. The highest BCUT2D eigenvalue weighted by Crippen LogP contribution is 2.47. The van der Waals surface area contributed by atoms with E-state index in [0.717, 1.165) is 43.2 Å². The number of carbonyl (C=O) groups is 4. The molecule has 0 radical (unpaired) electrons. The lowest BCUT2D eigenvalue weighted by Crippen LogP contribution is -2.60. The highest BCUT2D eigenvalue weighted by atomic mass is 32.2. The molecule has 2 aliphatic heterocycles. The van der Waals surface area contributed by atoms with Crippen molar-refractivity contribution in [2.24, 2.45) is 11.3 Å². The zero-order valence-corrected chi connectivity index (χ0v) is 34.1. The summed E-state index contributed by atoms with van der Waals surface area (Å²) >= 11 is 0. The molecule has 2 saturated carbocycles. The second kappa shape index (κ2) is 16.2. The van der Waals surface area contributed by atoms with Crippen LogP contribution in [0.25, 0.3) is 22.5 Å². The summed E-state index contributed by atoms with van der Waals surface area (Å²) in [5.41, 5.74) is 2.07. The van der Waals surface area contributed by atoms with Crippen molar-refractivity contribution in [1.29, 1.82) is 0 Å². The van der Waals surface area contributed by atoms with Gasteiger partial charge in [0.2, 0.25) is 21.8 Å². The van der Waals surface area contributed by atoms with E-state index in [0.29, 0.717) is 37.1 Å². The Bertz CT molecular complexity index is 2100. The van der Waals surface area contributed by atoms with Gasteiger partial charge in [-0.2, -0.15) is 15.0 Å². The number of sulfonamides is 1. The van der Waals surface area contributed by atoms with Crippen LogP contribution in [0.4, 0.5) is 4.79 Å². The number of hydrogen-bond acceptors (Lipinski definition) is 9. The number of alkyl carbamates (subject to hydrolysis) is 1. The van der Waals surface area contributed by atoms with Gasteiger partial charge in [0.1, 0.15) is 29.0 Å². The van der Waals surface area contributed by atoms with Gasteiger partial charge in [-0.05, 0) is 61.5 Å². The van der Waals surface area contributed by atoms with Crippen molar-refractivity contribution in [2.45, 2.75) is 127 Å². The fourth-order valence-electron chi connectivity index (χ4n) is 8.21. The third kappa shape index (κ3) is 8.87. The second-order valence-corrected chi connectivity index (χ2v) is 19.2. The van der Waals surface area contributed by atoms with Crippen LogP contribution < -0.4 is 15.4 Å². The lowest BCUT2D eigenvalue weighted by Gasteiger charge is -2.35. The summed E-state index contributed by atoms with van der Waals surface area (Å²) in [4.78, 5) is 59.2. The molecule has 0 spiro atoms. The number of ether oxygens (including phenoxy) is 1. The first-order valence-electron chi connectivity index (χ1n) is 20.4. The molecule has 4 amide bonds. The molecule has 1 aromatic heterocycles. The molecule has 57 heavy (non-hydrogen) atoms. The number of benzene rings is 2. The number of aryl methyl sites for hydroxylation is 1. The van der Waals surface area contributed by atoms with Crippen molar-refractivity contribution in [2.75, 3.05) is 13.2 Å². The molecule has 2 aromatic carbocycles. The minimum Gasteiger partial charge on any atom is -0.450 e. The minimum absolute atomic E-state index is 0.0368. The zero-order valence-electron chi connectivity index (χ0n) is 33.3.